The minimum Gasteiger partial charge on any atom is -0.296 e. The minimum absolute atomic E-state index is 0.218. The van der Waals surface area contributed by atoms with Crippen LogP contribution in [0.15, 0.2) is 48.8 Å². The quantitative estimate of drug-likeness (QED) is 0.806. The molecule has 0 atom stereocenters. The fourth-order valence-corrected chi connectivity index (χ4v) is 2.70. The average molecular weight is 296 g/mol. The highest BCUT2D eigenvalue weighted by atomic mass is 32.1. The average Bonchev–Trinajstić information content (AvgIpc) is 2.97. The fraction of sp³-hybridized carbons (Fsp3) is 0.0667. The summed E-state index contributed by atoms with van der Waals surface area (Å²) in [6, 6.07) is 11.2. The Balaban J connectivity index is 1.80. The third-order valence-electron chi connectivity index (χ3n) is 2.96. The number of carbonyl (C=O) groups excluding carboxylic acids is 1. The van der Waals surface area contributed by atoms with E-state index in [2.05, 4.69) is 20.5 Å². The third kappa shape index (κ3) is 2.95. The summed E-state index contributed by atoms with van der Waals surface area (Å²) in [6.07, 6.45) is 3.15. The molecule has 0 aliphatic rings. The van der Waals surface area contributed by atoms with Crippen molar-refractivity contribution in [1.82, 2.24) is 15.2 Å². The lowest BCUT2D eigenvalue weighted by atomic mass is 10.1. The summed E-state index contributed by atoms with van der Waals surface area (Å²) in [7, 11) is 0. The molecule has 2 heterocycles. The van der Waals surface area contributed by atoms with Crippen molar-refractivity contribution < 1.29 is 4.79 Å². The lowest BCUT2D eigenvalue weighted by Crippen LogP contribution is -2.11. The van der Waals surface area contributed by atoms with Crippen molar-refractivity contribution in [3.05, 3.63) is 59.9 Å². The normalized spacial score (nSPS) is 10.3. The van der Waals surface area contributed by atoms with E-state index in [-0.39, 0.29) is 5.91 Å². The summed E-state index contributed by atoms with van der Waals surface area (Å²) in [4.78, 5) is 15.9. The van der Waals surface area contributed by atoms with E-state index in [4.69, 9.17) is 0 Å². The van der Waals surface area contributed by atoms with Gasteiger partial charge in [-0.2, -0.15) is 0 Å². The van der Waals surface area contributed by atoms with Gasteiger partial charge in [-0.25, -0.2) is 0 Å². The molecule has 3 rings (SSSR count). The summed E-state index contributed by atoms with van der Waals surface area (Å²) in [5.74, 6) is -0.218. The maximum atomic E-state index is 12.0. The first kappa shape index (κ1) is 13.4. The Kier molecular flexibility index (Phi) is 3.70. The number of hydrogen-bond donors (Lipinski definition) is 1. The van der Waals surface area contributed by atoms with Crippen LogP contribution in [-0.4, -0.2) is 21.1 Å². The molecule has 0 unspecified atom stereocenters. The zero-order valence-corrected chi connectivity index (χ0v) is 12.1. The van der Waals surface area contributed by atoms with Crippen molar-refractivity contribution in [2.75, 3.05) is 5.32 Å². The molecule has 0 aliphatic heterocycles. The smallest absolute Gasteiger partial charge is 0.257 e. The van der Waals surface area contributed by atoms with Crippen LogP contribution < -0.4 is 5.32 Å². The van der Waals surface area contributed by atoms with Crippen LogP contribution >= 0.6 is 11.3 Å². The molecule has 1 N–H and O–H groups in total. The van der Waals surface area contributed by atoms with Crippen molar-refractivity contribution in [3.63, 3.8) is 0 Å². The third-order valence-corrected chi connectivity index (χ3v) is 3.84. The lowest BCUT2D eigenvalue weighted by molar-refractivity contribution is 0.102. The molecule has 0 bridgehead atoms. The Morgan fingerprint density at radius 3 is 2.62 bits per heavy atom. The Bertz CT molecular complexity index is 770. The van der Waals surface area contributed by atoms with Gasteiger partial charge in [-0.1, -0.05) is 35.6 Å². The number of rotatable bonds is 3. The highest BCUT2D eigenvalue weighted by Crippen LogP contribution is 2.28. The largest absolute Gasteiger partial charge is 0.296 e. The molecule has 0 saturated heterocycles. The summed E-state index contributed by atoms with van der Waals surface area (Å²) in [6.45, 7) is 2.02. The van der Waals surface area contributed by atoms with Crippen LogP contribution in [0.25, 0.3) is 10.6 Å². The first-order chi connectivity index (χ1) is 10.2. The summed E-state index contributed by atoms with van der Waals surface area (Å²) in [5, 5.41) is 12.2. The molecular formula is C15H12N4OS. The molecule has 1 amide bonds. The van der Waals surface area contributed by atoms with E-state index in [1.54, 1.807) is 24.5 Å². The molecule has 0 aliphatic carbocycles. The number of pyridine rings is 1. The first-order valence-electron chi connectivity index (χ1n) is 6.35. The zero-order valence-electron chi connectivity index (χ0n) is 11.3. The SMILES string of the molecule is Cc1ccccc1-c1nnc(NC(=O)c2ccncc2)s1. The molecular weight excluding hydrogens is 284 g/mol. The highest BCUT2D eigenvalue weighted by molar-refractivity contribution is 7.18. The van der Waals surface area contributed by atoms with Crippen LogP contribution in [0.4, 0.5) is 5.13 Å². The van der Waals surface area contributed by atoms with Crippen LogP contribution in [0, 0.1) is 6.92 Å². The topological polar surface area (TPSA) is 67.8 Å². The van der Waals surface area contributed by atoms with Crippen LogP contribution in [0.5, 0.6) is 0 Å². The fourth-order valence-electron chi connectivity index (χ4n) is 1.87. The van der Waals surface area contributed by atoms with Gasteiger partial charge in [0, 0.05) is 23.5 Å². The zero-order chi connectivity index (χ0) is 14.7. The molecule has 6 heteroatoms. The molecule has 0 fully saturated rings. The maximum Gasteiger partial charge on any atom is 0.257 e. The molecule has 21 heavy (non-hydrogen) atoms. The van der Waals surface area contributed by atoms with E-state index in [9.17, 15) is 4.79 Å². The number of aryl methyl sites for hydroxylation is 1. The van der Waals surface area contributed by atoms with E-state index in [1.807, 2.05) is 31.2 Å². The number of nitrogens with zero attached hydrogens (tertiary/aromatic N) is 3. The van der Waals surface area contributed by atoms with E-state index < -0.39 is 0 Å². The van der Waals surface area contributed by atoms with Gasteiger partial charge >= 0.3 is 0 Å². The van der Waals surface area contributed by atoms with Gasteiger partial charge in [0.05, 0.1) is 0 Å². The van der Waals surface area contributed by atoms with Crippen molar-refractivity contribution in [1.29, 1.82) is 0 Å². The van der Waals surface area contributed by atoms with E-state index in [0.717, 1.165) is 16.1 Å². The standard InChI is InChI=1S/C15H12N4OS/c1-10-4-2-3-5-12(10)14-18-19-15(21-14)17-13(20)11-6-8-16-9-7-11/h2-9H,1H3,(H,17,19,20). The molecule has 104 valence electrons. The van der Waals surface area contributed by atoms with Crippen molar-refractivity contribution in [2.45, 2.75) is 6.92 Å². The Hall–Kier alpha value is -2.60. The Morgan fingerprint density at radius 2 is 1.86 bits per heavy atom. The van der Waals surface area contributed by atoms with Crippen molar-refractivity contribution in [3.8, 4) is 10.6 Å². The van der Waals surface area contributed by atoms with Gasteiger partial charge in [0.25, 0.3) is 5.91 Å². The lowest BCUT2D eigenvalue weighted by Gasteiger charge is -2.00. The van der Waals surface area contributed by atoms with Crippen LogP contribution in [-0.2, 0) is 0 Å². The Morgan fingerprint density at radius 1 is 1.10 bits per heavy atom. The van der Waals surface area contributed by atoms with Crippen LogP contribution in [0.2, 0.25) is 0 Å². The van der Waals surface area contributed by atoms with Crippen LogP contribution in [0.3, 0.4) is 0 Å². The number of carbonyl (C=O) groups is 1. The monoisotopic (exact) mass is 296 g/mol. The highest BCUT2D eigenvalue weighted by Gasteiger charge is 2.12. The van der Waals surface area contributed by atoms with E-state index in [1.165, 1.54) is 11.3 Å². The molecule has 3 aromatic rings. The Labute approximate surface area is 125 Å². The van der Waals surface area contributed by atoms with E-state index >= 15 is 0 Å². The number of nitrogens with one attached hydrogen (secondary N) is 1. The molecule has 0 radical (unpaired) electrons. The molecule has 0 saturated carbocycles. The van der Waals surface area contributed by atoms with Gasteiger partial charge in [-0.15, -0.1) is 10.2 Å². The summed E-state index contributed by atoms with van der Waals surface area (Å²) in [5.41, 5.74) is 2.69. The number of aromatic nitrogens is 3. The number of benzene rings is 1. The first-order valence-corrected chi connectivity index (χ1v) is 7.16. The second-order valence-electron chi connectivity index (χ2n) is 4.42. The number of anilines is 1. The van der Waals surface area contributed by atoms with Gasteiger partial charge in [0.1, 0.15) is 5.01 Å². The molecule has 2 aromatic heterocycles. The van der Waals surface area contributed by atoms with Crippen molar-refractivity contribution in [2.24, 2.45) is 0 Å². The summed E-state index contributed by atoms with van der Waals surface area (Å²) < 4.78 is 0. The molecule has 0 spiro atoms. The van der Waals surface area contributed by atoms with Gasteiger partial charge in [-0.3, -0.25) is 15.1 Å². The van der Waals surface area contributed by atoms with E-state index in [0.29, 0.717) is 10.7 Å². The van der Waals surface area contributed by atoms with Gasteiger partial charge in [0.15, 0.2) is 0 Å². The van der Waals surface area contributed by atoms with Crippen LogP contribution in [0.1, 0.15) is 15.9 Å². The minimum atomic E-state index is -0.218. The maximum absolute atomic E-state index is 12.0. The number of hydrogen-bond acceptors (Lipinski definition) is 5. The second-order valence-corrected chi connectivity index (χ2v) is 5.39. The molecule has 5 nitrogen and oxygen atoms in total. The van der Waals surface area contributed by atoms with Gasteiger partial charge < -0.3 is 0 Å². The summed E-state index contributed by atoms with van der Waals surface area (Å²) >= 11 is 1.35. The molecule has 1 aromatic carbocycles. The van der Waals surface area contributed by atoms with Crippen molar-refractivity contribution >= 4 is 22.4 Å². The second kappa shape index (κ2) is 5.80. The number of amides is 1. The predicted molar refractivity (Wildman–Crippen MR) is 82.3 cm³/mol. The van der Waals surface area contributed by atoms with Gasteiger partial charge in [-0.05, 0) is 24.6 Å². The van der Waals surface area contributed by atoms with Gasteiger partial charge in [0.2, 0.25) is 5.13 Å². The predicted octanol–water partition coefficient (Wildman–Crippen LogP) is 3.16.